The summed E-state index contributed by atoms with van der Waals surface area (Å²) >= 11 is 0. The fourth-order valence-corrected chi connectivity index (χ4v) is 2.78. The topological polar surface area (TPSA) is 77.2 Å². The summed E-state index contributed by atoms with van der Waals surface area (Å²) in [6, 6.07) is 0. The summed E-state index contributed by atoms with van der Waals surface area (Å²) in [5.41, 5.74) is 2.00. The highest BCUT2D eigenvalue weighted by atomic mass is 16.5. The Bertz CT molecular complexity index is 650. The second-order valence-electron chi connectivity index (χ2n) is 6.15. The normalized spacial score (nSPS) is 16.7. The molecule has 1 aliphatic rings. The minimum Gasteiger partial charge on any atom is -0.477 e. The van der Waals surface area contributed by atoms with Crippen LogP contribution in [0.2, 0.25) is 0 Å². The van der Waals surface area contributed by atoms with Gasteiger partial charge in [-0.25, -0.2) is 9.97 Å². The van der Waals surface area contributed by atoms with Crippen molar-refractivity contribution in [1.29, 1.82) is 0 Å². The molecule has 0 amide bonds. The van der Waals surface area contributed by atoms with E-state index in [4.69, 9.17) is 9.26 Å². The van der Waals surface area contributed by atoms with Crippen molar-refractivity contribution >= 4 is 0 Å². The van der Waals surface area contributed by atoms with Gasteiger partial charge in [-0.1, -0.05) is 5.16 Å². The summed E-state index contributed by atoms with van der Waals surface area (Å²) in [4.78, 5) is 15.0. The third kappa shape index (κ3) is 4.04. The summed E-state index contributed by atoms with van der Waals surface area (Å²) in [7, 11) is 0. The van der Waals surface area contributed by atoms with Crippen molar-refractivity contribution in [3.63, 3.8) is 0 Å². The number of nitrogens with zero attached hydrogens (tertiary/aromatic N) is 5. The van der Waals surface area contributed by atoms with Crippen molar-refractivity contribution in [2.75, 3.05) is 19.7 Å². The molecule has 7 heteroatoms. The smallest absolute Gasteiger partial charge is 0.223 e. The average molecular weight is 317 g/mol. The van der Waals surface area contributed by atoms with Gasteiger partial charge in [-0.2, -0.15) is 4.98 Å². The Balaban J connectivity index is 1.45. The predicted octanol–water partition coefficient (Wildman–Crippen LogP) is 2.08. The van der Waals surface area contributed by atoms with Gasteiger partial charge in [0.05, 0.1) is 13.2 Å². The van der Waals surface area contributed by atoms with Crippen LogP contribution in [-0.4, -0.2) is 44.7 Å². The molecule has 0 aliphatic carbocycles. The maximum absolute atomic E-state index is 5.90. The van der Waals surface area contributed by atoms with Crippen molar-refractivity contribution in [3.05, 3.63) is 29.3 Å². The minimum atomic E-state index is 0.563. The summed E-state index contributed by atoms with van der Waals surface area (Å²) in [6.07, 6.45) is 3.78. The molecule has 7 nitrogen and oxygen atoms in total. The summed E-state index contributed by atoms with van der Waals surface area (Å²) in [5.74, 6) is 2.67. The molecule has 2 aromatic rings. The number of piperidine rings is 1. The number of hydrogen-bond donors (Lipinski definition) is 0. The molecule has 3 heterocycles. The fourth-order valence-electron chi connectivity index (χ4n) is 2.78. The van der Waals surface area contributed by atoms with Gasteiger partial charge in [0, 0.05) is 18.2 Å². The van der Waals surface area contributed by atoms with Gasteiger partial charge >= 0.3 is 0 Å². The predicted molar refractivity (Wildman–Crippen MR) is 84.0 cm³/mol. The van der Waals surface area contributed by atoms with E-state index in [1.54, 1.807) is 6.33 Å². The number of aromatic nitrogens is 4. The highest BCUT2D eigenvalue weighted by Gasteiger charge is 2.21. The Kier molecular flexibility index (Phi) is 4.85. The van der Waals surface area contributed by atoms with E-state index in [1.165, 1.54) is 0 Å². The van der Waals surface area contributed by atoms with Crippen LogP contribution in [0.15, 0.2) is 10.9 Å². The molecule has 0 saturated carbocycles. The van der Waals surface area contributed by atoms with Gasteiger partial charge in [-0.15, -0.1) is 0 Å². The molecule has 0 radical (unpaired) electrons. The highest BCUT2D eigenvalue weighted by Crippen LogP contribution is 2.21. The molecular weight excluding hydrogens is 294 g/mol. The Morgan fingerprint density at radius 2 is 2.00 bits per heavy atom. The summed E-state index contributed by atoms with van der Waals surface area (Å²) in [6.45, 7) is 9.33. The van der Waals surface area contributed by atoms with Crippen LogP contribution in [0.25, 0.3) is 0 Å². The van der Waals surface area contributed by atoms with Gasteiger partial charge in [0.2, 0.25) is 11.8 Å². The zero-order valence-electron chi connectivity index (χ0n) is 13.9. The van der Waals surface area contributed by atoms with Gasteiger partial charge < -0.3 is 9.26 Å². The molecule has 1 aliphatic heterocycles. The van der Waals surface area contributed by atoms with Crippen LogP contribution in [0.4, 0.5) is 0 Å². The second-order valence-corrected chi connectivity index (χ2v) is 6.15. The van der Waals surface area contributed by atoms with E-state index in [9.17, 15) is 0 Å². The minimum absolute atomic E-state index is 0.563. The molecule has 0 N–H and O–H groups in total. The standard InChI is InChI=1S/C16H23N5O2/c1-11-12(2)17-10-18-16(11)22-9-14-4-6-21(7-5-14)8-15-19-13(3)23-20-15/h10,14H,4-9H2,1-3H3. The lowest BCUT2D eigenvalue weighted by Gasteiger charge is -2.30. The summed E-state index contributed by atoms with van der Waals surface area (Å²) in [5, 5.41) is 3.96. The molecule has 0 aromatic carbocycles. The molecule has 1 fully saturated rings. The first-order valence-electron chi connectivity index (χ1n) is 8.04. The van der Waals surface area contributed by atoms with E-state index < -0.39 is 0 Å². The zero-order chi connectivity index (χ0) is 16.2. The lowest BCUT2D eigenvalue weighted by atomic mass is 9.98. The number of aryl methyl sites for hydroxylation is 2. The Morgan fingerprint density at radius 3 is 2.70 bits per heavy atom. The van der Waals surface area contributed by atoms with E-state index in [1.807, 2.05) is 20.8 Å². The first kappa shape index (κ1) is 15.9. The van der Waals surface area contributed by atoms with Gasteiger partial charge in [0.15, 0.2) is 5.82 Å². The van der Waals surface area contributed by atoms with Crippen molar-refractivity contribution in [1.82, 2.24) is 25.0 Å². The first-order valence-corrected chi connectivity index (χ1v) is 8.04. The molecule has 2 aromatic heterocycles. The van der Waals surface area contributed by atoms with Crippen LogP contribution in [0.5, 0.6) is 5.88 Å². The van der Waals surface area contributed by atoms with Crippen molar-refractivity contribution in [2.45, 2.75) is 40.2 Å². The Hall–Kier alpha value is -2.02. The van der Waals surface area contributed by atoms with Crippen LogP contribution >= 0.6 is 0 Å². The van der Waals surface area contributed by atoms with Gasteiger partial charge in [0.25, 0.3) is 0 Å². The van der Waals surface area contributed by atoms with Crippen molar-refractivity contribution in [3.8, 4) is 5.88 Å². The van der Waals surface area contributed by atoms with E-state index in [0.29, 0.717) is 24.3 Å². The molecular formula is C16H23N5O2. The first-order chi connectivity index (χ1) is 11.1. The third-order valence-electron chi connectivity index (χ3n) is 4.39. The Morgan fingerprint density at radius 1 is 1.22 bits per heavy atom. The largest absolute Gasteiger partial charge is 0.477 e. The third-order valence-corrected chi connectivity index (χ3v) is 4.39. The SMILES string of the molecule is Cc1nc(CN2CCC(COc3ncnc(C)c3C)CC2)no1. The molecule has 0 atom stereocenters. The molecule has 1 saturated heterocycles. The van der Waals surface area contributed by atoms with Crippen LogP contribution < -0.4 is 4.74 Å². The Labute approximate surface area is 136 Å². The van der Waals surface area contributed by atoms with Crippen LogP contribution in [0.3, 0.4) is 0 Å². The molecule has 0 unspecified atom stereocenters. The second kappa shape index (κ2) is 7.04. The van der Waals surface area contributed by atoms with Crippen LogP contribution in [-0.2, 0) is 6.54 Å². The lowest BCUT2D eigenvalue weighted by Crippen LogP contribution is -2.35. The molecule has 0 spiro atoms. The van der Waals surface area contributed by atoms with Gasteiger partial charge in [-0.05, 0) is 45.7 Å². The molecule has 124 valence electrons. The lowest BCUT2D eigenvalue weighted by molar-refractivity contribution is 0.131. The van der Waals surface area contributed by atoms with E-state index in [-0.39, 0.29) is 0 Å². The zero-order valence-corrected chi connectivity index (χ0v) is 13.9. The number of likely N-dealkylation sites (tertiary alicyclic amines) is 1. The maximum atomic E-state index is 5.90. The van der Waals surface area contributed by atoms with Crippen LogP contribution in [0.1, 0.15) is 35.8 Å². The van der Waals surface area contributed by atoms with Crippen LogP contribution in [0, 0.1) is 26.7 Å². The summed E-state index contributed by atoms with van der Waals surface area (Å²) < 4.78 is 10.9. The highest BCUT2D eigenvalue weighted by molar-refractivity contribution is 5.26. The maximum Gasteiger partial charge on any atom is 0.223 e. The van der Waals surface area contributed by atoms with E-state index in [2.05, 4.69) is 25.0 Å². The van der Waals surface area contributed by atoms with Crippen molar-refractivity contribution < 1.29 is 9.26 Å². The average Bonchev–Trinajstić information content (AvgIpc) is 2.95. The molecule has 0 bridgehead atoms. The number of hydrogen-bond acceptors (Lipinski definition) is 7. The quantitative estimate of drug-likeness (QED) is 0.835. The van der Waals surface area contributed by atoms with Crippen molar-refractivity contribution in [2.24, 2.45) is 5.92 Å². The monoisotopic (exact) mass is 317 g/mol. The van der Waals surface area contributed by atoms with Gasteiger partial charge in [-0.3, -0.25) is 4.90 Å². The molecule has 3 rings (SSSR count). The fraction of sp³-hybridized carbons (Fsp3) is 0.625. The van der Waals surface area contributed by atoms with E-state index in [0.717, 1.165) is 49.6 Å². The number of rotatable bonds is 5. The molecule has 23 heavy (non-hydrogen) atoms. The number of ether oxygens (including phenoxy) is 1. The van der Waals surface area contributed by atoms with E-state index >= 15 is 0 Å². The van der Waals surface area contributed by atoms with Gasteiger partial charge in [0.1, 0.15) is 6.33 Å².